The number of nitrogens with zero attached hydrogens (tertiary/aromatic N) is 3. The molecular formula is C28H27N5O3S. The summed E-state index contributed by atoms with van der Waals surface area (Å²) in [5, 5.41) is 13.6. The van der Waals surface area contributed by atoms with Gasteiger partial charge in [0.1, 0.15) is 11.5 Å². The molecule has 8 nitrogen and oxygen atoms in total. The Morgan fingerprint density at radius 2 is 1.59 bits per heavy atom. The lowest BCUT2D eigenvalue weighted by atomic mass is 10.1. The van der Waals surface area contributed by atoms with Crippen LogP contribution in [0.4, 0.5) is 5.69 Å². The largest absolute Gasteiger partial charge is 0.494 e. The minimum Gasteiger partial charge on any atom is -0.494 e. The summed E-state index contributed by atoms with van der Waals surface area (Å²) in [5.74, 6) is 2.29. The molecule has 0 aliphatic heterocycles. The fraction of sp³-hybridized carbons (Fsp3) is 0.179. The average molecular weight is 514 g/mol. The number of aromatic nitrogens is 4. The molecule has 0 aliphatic carbocycles. The molecule has 0 atom stereocenters. The summed E-state index contributed by atoms with van der Waals surface area (Å²) in [6.45, 7) is 5.08. The van der Waals surface area contributed by atoms with Crippen molar-refractivity contribution in [3.8, 4) is 28.6 Å². The normalized spacial score (nSPS) is 11.0. The molecule has 9 heteroatoms. The summed E-state index contributed by atoms with van der Waals surface area (Å²) < 4.78 is 13.0. The van der Waals surface area contributed by atoms with Gasteiger partial charge in [0.2, 0.25) is 5.91 Å². The van der Waals surface area contributed by atoms with E-state index < -0.39 is 0 Å². The number of thioether (sulfide) groups is 1. The van der Waals surface area contributed by atoms with E-state index in [9.17, 15) is 4.79 Å². The van der Waals surface area contributed by atoms with Gasteiger partial charge < -0.3 is 19.8 Å². The maximum atomic E-state index is 12.7. The topological polar surface area (TPSA) is 94.1 Å². The van der Waals surface area contributed by atoms with Gasteiger partial charge in [-0.25, -0.2) is 0 Å². The van der Waals surface area contributed by atoms with Gasteiger partial charge in [0.05, 0.1) is 19.0 Å². The molecule has 188 valence electrons. The highest BCUT2D eigenvalue weighted by molar-refractivity contribution is 7.99. The third-order valence-electron chi connectivity index (χ3n) is 5.65. The predicted octanol–water partition coefficient (Wildman–Crippen LogP) is 5.94. The highest BCUT2D eigenvalue weighted by atomic mass is 32.2. The number of nitrogens with one attached hydrogen (secondary N) is 2. The van der Waals surface area contributed by atoms with Gasteiger partial charge in [0.25, 0.3) is 0 Å². The minimum absolute atomic E-state index is 0.135. The predicted molar refractivity (Wildman–Crippen MR) is 147 cm³/mol. The van der Waals surface area contributed by atoms with Crippen LogP contribution in [0.15, 0.2) is 84.1 Å². The number of aromatic amines is 1. The van der Waals surface area contributed by atoms with Crippen LogP contribution < -0.4 is 14.8 Å². The Labute approximate surface area is 219 Å². The number of benzene rings is 3. The van der Waals surface area contributed by atoms with Crippen molar-refractivity contribution >= 4 is 34.3 Å². The SMILES string of the molecule is CCOc1ccc(NC(=O)CSc2nnc(-c3c[nH]c4ccccc34)n2-c2ccc(OCC)cc2)cc1. The second-order valence-corrected chi connectivity index (χ2v) is 9.05. The third-order valence-corrected chi connectivity index (χ3v) is 6.58. The van der Waals surface area contributed by atoms with E-state index in [1.165, 1.54) is 11.8 Å². The number of ether oxygens (including phenoxy) is 2. The molecule has 5 aromatic rings. The van der Waals surface area contributed by atoms with Crippen LogP contribution in [0.3, 0.4) is 0 Å². The van der Waals surface area contributed by atoms with Crippen molar-refractivity contribution in [3.05, 3.63) is 79.0 Å². The lowest BCUT2D eigenvalue weighted by Crippen LogP contribution is -2.14. The summed E-state index contributed by atoms with van der Waals surface area (Å²) in [5.41, 5.74) is 3.54. The van der Waals surface area contributed by atoms with Crippen LogP contribution in [0.1, 0.15) is 13.8 Å². The van der Waals surface area contributed by atoms with E-state index in [1.54, 1.807) is 0 Å². The maximum Gasteiger partial charge on any atom is 0.234 e. The highest BCUT2D eigenvalue weighted by Crippen LogP contribution is 2.33. The van der Waals surface area contributed by atoms with E-state index in [1.807, 2.05) is 91.3 Å². The van der Waals surface area contributed by atoms with Crippen molar-refractivity contribution in [3.63, 3.8) is 0 Å². The van der Waals surface area contributed by atoms with E-state index in [2.05, 4.69) is 26.6 Å². The number of carbonyl (C=O) groups is 1. The Morgan fingerprint density at radius 1 is 0.919 bits per heavy atom. The number of rotatable bonds is 10. The van der Waals surface area contributed by atoms with Crippen molar-refractivity contribution in [2.24, 2.45) is 0 Å². The molecule has 2 heterocycles. The van der Waals surface area contributed by atoms with Crippen molar-refractivity contribution in [1.29, 1.82) is 0 Å². The van der Waals surface area contributed by atoms with Gasteiger partial charge in [-0.3, -0.25) is 9.36 Å². The first-order valence-electron chi connectivity index (χ1n) is 12.1. The molecule has 0 saturated heterocycles. The molecule has 37 heavy (non-hydrogen) atoms. The van der Waals surface area contributed by atoms with E-state index >= 15 is 0 Å². The zero-order chi connectivity index (χ0) is 25.6. The fourth-order valence-corrected chi connectivity index (χ4v) is 4.77. The number of fused-ring (bicyclic) bond motifs is 1. The van der Waals surface area contributed by atoms with Crippen molar-refractivity contribution < 1.29 is 14.3 Å². The molecule has 0 spiro atoms. The lowest BCUT2D eigenvalue weighted by Gasteiger charge is -2.11. The number of hydrogen-bond donors (Lipinski definition) is 2. The first-order chi connectivity index (χ1) is 18.2. The number of carbonyl (C=O) groups excluding carboxylic acids is 1. The van der Waals surface area contributed by atoms with Crippen LogP contribution in [0.2, 0.25) is 0 Å². The maximum absolute atomic E-state index is 12.7. The van der Waals surface area contributed by atoms with E-state index in [0.29, 0.717) is 29.9 Å². The first-order valence-corrected chi connectivity index (χ1v) is 13.1. The molecule has 0 radical (unpaired) electrons. The van der Waals surface area contributed by atoms with Crippen LogP contribution in [-0.4, -0.2) is 44.6 Å². The molecule has 0 unspecified atom stereocenters. The average Bonchev–Trinajstić information content (AvgIpc) is 3.53. The van der Waals surface area contributed by atoms with Gasteiger partial charge in [-0.1, -0.05) is 30.0 Å². The second kappa shape index (κ2) is 11.2. The van der Waals surface area contributed by atoms with Gasteiger partial charge in [0, 0.05) is 34.0 Å². The molecule has 2 aromatic heterocycles. The van der Waals surface area contributed by atoms with Crippen LogP contribution >= 0.6 is 11.8 Å². The molecule has 3 aromatic carbocycles. The number of amides is 1. The standard InChI is InChI=1S/C28H27N5O3S/c1-3-35-21-13-9-19(10-14-21)30-26(34)18-37-28-32-31-27(24-17-29-25-8-6-5-7-23(24)25)33(28)20-11-15-22(16-12-20)36-4-2/h5-17,29H,3-4,18H2,1-2H3,(H,30,34). The van der Waals surface area contributed by atoms with E-state index in [4.69, 9.17) is 9.47 Å². The van der Waals surface area contributed by atoms with Gasteiger partial charge in [-0.05, 0) is 68.4 Å². The van der Waals surface area contributed by atoms with Gasteiger partial charge in [-0.15, -0.1) is 10.2 Å². The first kappa shape index (κ1) is 24.5. The summed E-state index contributed by atoms with van der Waals surface area (Å²) in [6, 6.07) is 23.2. The number of anilines is 1. The number of hydrogen-bond acceptors (Lipinski definition) is 6. The molecule has 0 fully saturated rings. The van der Waals surface area contributed by atoms with E-state index in [0.717, 1.165) is 33.7 Å². The number of para-hydroxylation sites is 1. The van der Waals surface area contributed by atoms with E-state index in [-0.39, 0.29) is 11.7 Å². The Morgan fingerprint density at radius 3 is 2.30 bits per heavy atom. The minimum atomic E-state index is -0.135. The Bertz CT molecular complexity index is 1490. The zero-order valence-corrected chi connectivity index (χ0v) is 21.4. The summed E-state index contributed by atoms with van der Waals surface area (Å²) in [7, 11) is 0. The van der Waals surface area contributed by atoms with Gasteiger partial charge in [0.15, 0.2) is 11.0 Å². The second-order valence-electron chi connectivity index (χ2n) is 8.11. The Hall–Kier alpha value is -4.24. The molecule has 2 N–H and O–H groups in total. The zero-order valence-electron chi connectivity index (χ0n) is 20.6. The third kappa shape index (κ3) is 5.46. The monoisotopic (exact) mass is 513 g/mol. The summed E-state index contributed by atoms with van der Waals surface area (Å²) >= 11 is 1.33. The van der Waals surface area contributed by atoms with Crippen LogP contribution in [0.5, 0.6) is 11.5 Å². The van der Waals surface area contributed by atoms with Crippen LogP contribution in [0.25, 0.3) is 28.0 Å². The van der Waals surface area contributed by atoms with Gasteiger partial charge in [-0.2, -0.15) is 0 Å². The molecule has 5 rings (SSSR count). The van der Waals surface area contributed by atoms with Crippen molar-refractivity contribution in [2.45, 2.75) is 19.0 Å². The highest BCUT2D eigenvalue weighted by Gasteiger charge is 2.20. The quantitative estimate of drug-likeness (QED) is 0.224. The molecule has 1 amide bonds. The van der Waals surface area contributed by atoms with Crippen molar-refractivity contribution in [1.82, 2.24) is 19.7 Å². The van der Waals surface area contributed by atoms with Crippen molar-refractivity contribution in [2.75, 3.05) is 24.3 Å². The summed E-state index contributed by atoms with van der Waals surface area (Å²) in [6.07, 6.45) is 1.94. The van der Waals surface area contributed by atoms with Gasteiger partial charge >= 0.3 is 0 Å². The summed E-state index contributed by atoms with van der Waals surface area (Å²) in [4.78, 5) is 16.0. The van der Waals surface area contributed by atoms with Crippen LogP contribution in [-0.2, 0) is 4.79 Å². The molecule has 0 saturated carbocycles. The molecule has 0 bridgehead atoms. The molecular weight excluding hydrogens is 486 g/mol. The lowest BCUT2D eigenvalue weighted by molar-refractivity contribution is -0.113. The molecule has 0 aliphatic rings. The fourth-order valence-electron chi connectivity index (χ4n) is 4.01. The van der Waals surface area contributed by atoms with Crippen LogP contribution in [0, 0.1) is 0 Å². The Kier molecular flexibility index (Phi) is 7.41. The smallest absolute Gasteiger partial charge is 0.234 e. The Balaban J connectivity index is 1.41. The number of H-pyrrole nitrogens is 1.